The maximum Gasteiger partial charge on any atom is 0.244 e. The Labute approximate surface area is 224 Å². The third-order valence-electron chi connectivity index (χ3n) is 8.31. The van der Waals surface area contributed by atoms with E-state index in [1.54, 1.807) is 12.3 Å². The third-order valence-corrected chi connectivity index (χ3v) is 8.31. The molecule has 0 unspecified atom stereocenters. The van der Waals surface area contributed by atoms with E-state index in [2.05, 4.69) is 15.6 Å². The van der Waals surface area contributed by atoms with E-state index >= 15 is 0 Å². The van der Waals surface area contributed by atoms with Crippen molar-refractivity contribution in [3.8, 4) is 0 Å². The second kappa shape index (κ2) is 8.97. The third kappa shape index (κ3) is 4.26. The van der Waals surface area contributed by atoms with Gasteiger partial charge in [0.05, 0.1) is 11.5 Å². The van der Waals surface area contributed by atoms with Crippen LogP contribution in [0.25, 0.3) is 0 Å². The maximum atomic E-state index is 14.0. The van der Waals surface area contributed by atoms with Gasteiger partial charge in [-0.05, 0) is 72.7 Å². The van der Waals surface area contributed by atoms with Gasteiger partial charge in [0.25, 0.3) is 0 Å². The largest absolute Gasteiger partial charge is 0.326 e. The van der Waals surface area contributed by atoms with Gasteiger partial charge < -0.3 is 15.5 Å². The van der Waals surface area contributed by atoms with Crippen molar-refractivity contribution >= 4 is 29.2 Å². The van der Waals surface area contributed by atoms with Gasteiger partial charge in [0.1, 0.15) is 24.0 Å². The Morgan fingerprint density at radius 3 is 2.59 bits per heavy atom. The van der Waals surface area contributed by atoms with Gasteiger partial charge in [0.2, 0.25) is 17.7 Å². The van der Waals surface area contributed by atoms with Crippen LogP contribution in [0.3, 0.4) is 0 Å². The van der Waals surface area contributed by atoms with Crippen LogP contribution < -0.4 is 10.6 Å². The summed E-state index contributed by atoms with van der Waals surface area (Å²) in [6.45, 7) is 3.37. The number of rotatable bonds is 4. The molecule has 0 bridgehead atoms. The number of pyridine rings is 1. The first-order chi connectivity index (χ1) is 18.6. The minimum Gasteiger partial charge on any atom is -0.326 e. The molecule has 3 heterocycles. The smallest absolute Gasteiger partial charge is 0.244 e. The van der Waals surface area contributed by atoms with Crippen molar-refractivity contribution < 1.29 is 23.2 Å². The first-order valence-electron chi connectivity index (χ1n) is 13.0. The fourth-order valence-corrected chi connectivity index (χ4v) is 6.29. The highest BCUT2D eigenvalue weighted by molar-refractivity contribution is 6.06. The Morgan fingerprint density at radius 2 is 1.82 bits per heavy atom. The minimum atomic E-state index is -0.725. The molecule has 3 aromatic rings. The molecule has 1 saturated heterocycles. The molecule has 2 N–H and O–H groups in total. The van der Waals surface area contributed by atoms with Crippen molar-refractivity contribution in [2.24, 2.45) is 5.41 Å². The predicted octanol–water partition coefficient (Wildman–Crippen LogP) is 4.68. The van der Waals surface area contributed by atoms with Gasteiger partial charge in [-0.1, -0.05) is 26.0 Å². The molecule has 3 aliphatic rings. The van der Waals surface area contributed by atoms with E-state index in [9.17, 15) is 23.2 Å². The standard InChI is InChI=1S/C30H28F2N4O3/c1-29(2)8-7-24(18-10-20(31)13-21(32)11-18)36(28(29)39)16-25(37)34-22-6-5-17-14-30(15-19(17)12-22)23-4-3-9-33-26(23)35-27(30)38/h3-6,9-13,24H,7-8,14-16H2,1-2H3,(H,34,37)(H,33,35,38)/t24-,30+/m0/s1. The second-order valence-electron chi connectivity index (χ2n) is 11.4. The predicted molar refractivity (Wildman–Crippen MR) is 141 cm³/mol. The Bertz CT molecular complexity index is 1520. The van der Waals surface area contributed by atoms with Crippen molar-refractivity contribution in [1.82, 2.24) is 9.88 Å². The molecular formula is C30H28F2N4O3. The normalized spacial score (nSPS) is 23.0. The van der Waals surface area contributed by atoms with E-state index in [-0.39, 0.29) is 18.4 Å². The van der Waals surface area contributed by atoms with Crippen LogP contribution in [0.1, 0.15) is 55.0 Å². The average Bonchev–Trinajstić information content (AvgIpc) is 3.38. The number of carbonyl (C=O) groups is 3. The molecule has 1 aromatic heterocycles. The number of hydrogen-bond donors (Lipinski definition) is 2. The van der Waals surface area contributed by atoms with Crippen LogP contribution in [-0.4, -0.2) is 34.2 Å². The van der Waals surface area contributed by atoms with Gasteiger partial charge in [0.15, 0.2) is 0 Å². The first-order valence-corrected chi connectivity index (χ1v) is 13.0. The molecule has 2 aliphatic heterocycles. The van der Waals surface area contributed by atoms with Crippen LogP contribution in [-0.2, 0) is 32.6 Å². The van der Waals surface area contributed by atoms with Crippen molar-refractivity contribution in [1.29, 1.82) is 0 Å². The molecule has 3 amide bonds. The van der Waals surface area contributed by atoms with Crippen LogP contribution in [0, 0.1) is 17.0 Å². The molecule has 1 aliphatic carbocycles. The molecule has 39 heavy (non-hydrogen) atoms. The number of benzene rings is 2. The molecule has 0 saturated carbocycles. The molecule has 9 heteroatoms. The number of anilines is 2. The number of likely N-dealkylation sites (tertiary alicyclic amines) is 1. The quantitative estimate of drug-likeness (QED) is 0.513. The van der Waals surface area contributed by atoms with Gasteiger partial charge >= 0.3 is 0 Å². The molecule has 200 valence electrons. The first kappa shape index (κ1) is 25.2. The number of nitrogens with one attached hydrogen (secondary N) is 2. The minimum absolute atomic E-state index is 0.0796. The number of aromatic nitrogens is 1. The summed E-state index contributed by atoms with van der Waals surface area (Å²) in [5, 5.41) is 5.77. The molecule has 6 rings (SSSR count). The van der Waals surface area contributed by atoms with Gasteiger partial charge in [0, 0.05) is 28.9 Å². The van der Waals surface area contributed by atoms with Crippen molar-refractivity contribution in [2.75, 3.05) is 17.2 Å². The summed E-state index contributed by atoms with van der Waals surface area (Å²) >= 11 is 0. The monoisotopic (exact) mass is 530 g/mol. The van der Waals surface area contributed by atoms with Crippen LogP contribution in [0.15, 0.2) is 54.7 Å². The lowest BCUT2D eigenvalue weighted by molar-refractivity contribution is -0.150. The molecule has 2 atom stereocenters. The fourth-order valence-electron chi connectivity index (χ4n) is 6.29. The molecule has 1 fully saturated rings. The van der Waals surface area contributed by atoms with Crippen LogP contribution in [0.5, 0.6) is 0 Å². The van der Waals surface area contributed by atoms with Crippen molar-refractivity contribution in [3.05, 3.63) is 88.6 Å². The summed E-state index contributed by atoms with van der Waals surface area (Å²) in [5.41, 5.74) is 2.34. The molecule has 1 spiro atoms. The number of nitrogens with zero attached hydrogens (tertiary/aromatic N) is 2. The highest BCUT2D eigenvalue weighted by Gasteiger charge is 2.51. The van der Waals surface area contributed by atoms with Crippen LogP contribution in [0.4, 0.5) is 20.3 Å². The summed E-state index contributed by atoms with van der Waals surface area (Å²) in [7, 11) is 0. The zero-order chi connectivity index (χ0) is 27.5. The van der Waals surface area contributed by atoms with E-state index in [4.69, 9.17) is 0 Å². The number of fused-ring (bicyclic) bond motifs is 3. The number of carbonyl (C=O) groups excluding carboxylic acids is 3. The topological polar surface area (TPSA) is 91.4 Å². The van der Waals surface area contributed by atoms with Crippen LogP contribution in [0.2, 0.25) is 0 Å². The molecule has 0 radical (unpaired) electrons. The van der Waals surface area contributed by atoms with E-state index < -0.39 is 34.4 Å². The summed E-state index contributed by atoms with van der Waals surface area (Å²) in [4.78, 5) is 45.2. The Hall–Kier alpha value is -4.14. The summed E-state index contributed by atoms with van der Waals surface area (Å²) < 4.78 is 28.0. The van der Waals surface area contributed by atoms with Gasteiger partial charge in [-0.3, -0.25) is 14.4 Å². The Kier molecular flexibility index (Phi) is 5.78. The van der Waals surface area contributed by atoms with E-state index in [1.165, 1.54) is 17.0 Å². The number of piperidine rings is 1. The second-order valence-corrected chi connectivity index (χ2v) is 11.4. The van der Waals surface area contributed by atoms with Gasteiger partial charge in [-0.15, -0.1) is 0 Å². The van der Waals surface area contributed by atoms with Gasteiger partial charge in [-0.2, -0.15) is 0 Å². The highest BCUT2D eigenvalue weighted by atomic mass is 19.1. The highest BCUT2D eigenvalue weighted by Crippen LogP contribution is 2.47. The Balaban J connectivity index is 1.22. The number of amides is 3. The van der Waals surface area contributed by atoms with Crippen LogP contribution >= 0.6 is 0 Å². The summed E-state index contributed by atoms with van der Waals surface area (Å²) in [5.74, 6) is -1.60. The summed E-state index contributed by atoms with van der Waals surface area (Å²) in [6, 6.07) is 11.9. The van der Waals surface area contributed by atoms with Crippen molar-refractivity contribution in [2.45, 2.75) is 51.0 Å². The van der Waals surface area contributed by atoms with Gasteiger partial charge in [-0.25, -0.2) is 13.8 Å². The Morgan fingerprint density at radius 1 is 1.08 bits per heavy atom. The molecular weight excluding hydrogens is 502 g/mol. The SMILES string of the molecule is CC1(C)CC[C@@H](c2cc(F)cc(F)c2)N(CC(=O)Nc2ccc3c(c2)C[C@@]2(C3)C(=O)Nc3ncccc32)C1=O. The zero-order valence-electron chi connectivity index (χ0n) is 21.7. The maximum absolute atomic E-state index is 14.0. The lowest BCUT2D eigenvalue weighted by Gasteiger charge is -2.43. The molecule has 2 aromatic carbocycles. The lowest BCUT2D eigenvalue weighted by Crippen LogP contribution is -2.50. The lowest BCUT2D eigenvalue weighted by atomic mass is 9.78. The molecule has 7 nitrogen and oxygen atoms in total. The van der Waals surface area contributed by atoms with Crippen molar-refractivity contribution in [3.63, 3.8) is 0 Å². The van der Waals surface area contributed by atoms with E-state index in [0.717, 1.165) is 22.8 Å². The summed E-state index contributed by atoms with van der Waals surface area (Å²) in [6.07, 6.45) is 3.70. The number of hydrogen-bond acceptors (Lipinski definition) is 4. The number of halogens is 2. The van der Waals surface area contributed by atoms with E-state index in [1.807, 2.05) is 38.1 Å². The van der Waals surface area contributed by atoms with E-state index in [0.29, 0.717) is 42.8 Å². The zero-order valence-corrected chi connectivity index (χ0v) is 21.7. The average molecular weight is 531 g/mol. The fraction of sp³-hybridized carbons (Fsp3) is 0.333.